The van der Waals surface area contributed by atoms with E-state index in [1.165, 1.54) is 17.0 Å². The third kappa shape index (κ3) is 2.18. The maximum Gasteiger partial charge on any atom is 0.299 e. The summed E-state index contributed by atoms with van der Waals surface area (Å²) in [5.74, 6) is 4.15. The third-order valence-corrected chi connectivity index (χ3v) is 2.80. The Bertz CT molecular complexity index is 640. The molecule has 19 heavy (non-hydrogen) atoms. The van der Waals surface area contributed by atoms with Crippen molar-refractivity contribution in [2.45, 2.75) is 13.3 Å². The fraction of sp³-hybridized carbons (Fsp3) is 0.231. The van der Waals surface area contributed by atoms with E-state index in [0.29, 0.717) is 18.7 Å². The summed E-state index contributed by atoms with van der Waals surface area (Å²) < 4.78 is 0. The molecule has 1 heterocycles. The second-order valence-corrected chi connectivity index (χ2v) is 3.92. The molecule has 0 aliphatic carbocycles. The van der Waals surface area contributed by atoms with E-state index in [-0.39, 0.29) is 11.3 Å². The van der Waals surface area contributed by atoms with E-state index >= 15 is 0 Å². The van der Waals surface area contributed by atoms with Gasteiger partial charge in [-0.05, 0) is 13.0 Å². The van der Waals surface area contributed by atoms with E-state index in [0.717, 1.165) is 6.07 Å². The van der Waals surface area contributed by atoms with Crippen LogP contribution in [0.15, 0.2) is 18.2 Å². The minimum atomic E-state index is -0.705. The van der Waals surface area contributed by atoms with Crippen molar-refractivity contribution in [1.29, 1.82) is 0 Å². The van der Waals surface area contributed by atoms with Crippen LogP contribution in [0.2, 0.25) is 0 Å². The SMILES string of the molecule is CC#CCCN1C(=O)C(=O)c2cc([N+](=O)[O-])ccc21. The van der Waals surface area contributed by atoms with Gasteiger partial charge in [0.1, 0.15) is 0 Å². The summed E-state index contributed by atoms with van der Waals surface area (Å²) in [6, 6.07) is 3.85. The first kappa shape index (κ1) is 12.8. The van der Waals surface area contributed by atoms with Crippen LogP contribution in [-0.4, -0.2) is 23.2 Å². The van der Waals surface area contributed by atoms with E-state index in [9.17, 15) is 19.7 Å². The van der Waals surface area contributed by atoms with Crippen LogP contribution in [0.25, 0.3) is 0 Å². The summed E-state index contributed by atoms with van der Waals surface area (Å²) in [6.45, 7) is 1.99. The van der Waals surface area contributed by atoms with Gasteiger partial charge in [0.25, 0.3) is 17.4 Å². The molecule has 0 aromatic heterocycles. The average Bonchev–Trinajstić information content (AvgIpc) is 2.63. The molecule has 0 N–H and O–H groups in total. The number of hydrogen-bond acceptors (Lipinski definition) is 4. The molecule has 1 aliphatic heterocycles. The smallest absolute Gasteiger partial charge is 0.299 e. The minimum absolute atomic E-state index is 0.0867. The lowest BCUT2D eigenvalue weighted by Crippen LogP contribution is -2.30. The number of Topliss-reactive ketones (excluding diaryl/α,β-unsaturated/α-hetero) is 1. The highest BCUT2D eigenvalue weighted by atomic mass is 16.6. The molecular formula is C13H10N2O4. The van der Waals surface area contributed by atoms with Crippen LogP contribution < -0.4 is 4.90 Å². The van der Waals surface area contributed by atoms with Crippen LogP contribution in [0, 0.1) is 22.0 Å². The zero-order valence-electron chi connectivity index (χ0n) is 10.2. The highest BCUT2D eigenvalue weighted by molar-refractivity contribution is 6.52. The predicted molar refractivity (Wildman–Crippen MR) is 67.8 cm³/mol. The Morgan fingerprint density at radius 1 is 1.37 bits per heavy atom. The number of anilines is 1. The zero-order chi connectivity index (χ0) is 14.0. The Kier molecular flexibility index (Phi) is 3.29. The molecule has 0 unspecified atom stereocenters. The van der Waals surface area contributed by atoms with Crippen molar-refractivity contribution in [2.75, 3.05) is 11.4 Å². The van der Waals surface area contributed by atoms with Crippen molar-refractivity contribution in [2.24, 2.45) is 0 Å². The van der Waals surface area contributed by atoms with Crippen molar-refractivity contribution in [3.63, 3.8) is 0 Å². The predicted octanol–water partition coefficient (Wildman–Crippen LogP) is 1.54. The Morgan fingerprint density at radius 2 is 2.11 bits per heavy atom. The number of nitro benzene ring substituents is 1. The van der Waals surface area contributed by atoms with Gasteiger partial charge in [-0.2, -0.15) is 0 Å². The monoisotopic (exact) mass is 258 g/mol. The molecular weight excluding hydrogens is 248 g/mol. The second-order valence-electron chi connectivity index (χ2n) is 3.92. The highest BCUT2D eigenvalue weighted by Crippen LogP contribution is 2.31. The normalized spacial score (nSPS) is 13.0. The van der Waals surface area contributed by atoms with Crippen LogP contribution in [0.1, 0.15) is 23.7 Å². The second kappa shape index (κ2) is 4.90. The van der Waals surface area contributed by atoms with Crippen LogP contribution in [0.4, 0.5) is 11.4 Å². The largest absolute Gasteiger partial charge is 0.304 e. The number of hydrogen-bond donors (Lipinski definition) is 0. The summed E-state index contributed by atoms with van der Waals surface area (Å²) in [5.41, 5.74) is 0.303. The van der Waals surface area contributed by atoms with Crippen LogP contribution in [0.3, 0.4) is 0 Å². The number of amides is 1. The van der Waals surface area contributed by atoms with Crippen LogP contribution in [-0.2, 0) is 4.79 Å². The van der Waals surface area contributed by atoms with Crippen molar-refractivity contribution in [1.82, 2.24) is 0 Å². The quantitative estimate of drug-likeness (QED) is 0.356. The lowest BCUT2D eigenvalue weighted by molar-refractivity contribution is -0.384. The van der Waals surface area contributed by atoms with Crippen molar-refractivity contribution in [3.8, 4) is 11.8 Å². The fourth-order valence-corrected chi connectivity index (χ4v) is 1.92. The van der Waals surface area contributed by atoms with E-state index in [1.54, 1.807) is 6.92 Å². The lowest BCUT2D eigenvalue weighted by Gasteiger charge is -2.14. The number of rotatable bonds is 3. The number of ketones is 1. The average molecular weight is 258 g/mol. The number of benzene rings is 1. The topological polar surface area (TPSA) is 80.5 Å². The molecule has 1 aromatic carbocycles. The summed E-state index contributed by atoms with van der Waals surface area (Å²) in [6.07, 6.45) is 0.450. The first-order chi connectivity index (χ1) is 9.06. The molecule has 0 radical (unpaired) electrons. The van der Waals surface area contributed by atoms with Gasteiger partial charge < -0.3 is 4.90 Å². The molecule has 0 spiro atoms. The molecule has 0 saturated heterocycles. The number of carbonyl (C=O) groups is 2. The third-order valence-electron chi connectivity index (χ3n) is 2.80. The molecule has 0 bridgehead atoms. The summed E-state index contributed by atoms with van der Waals surface area (Å²) in [7, 11) is 0. The van der Waals surface area contributed by atoms with Gasteiger partial charge in [-0.3, -0.25) is 19.7 Å². The number of nitrogens with zero attached hydrogens (tertiary/aromatic N) is 2. The zero-order valence-corrected chi connectivity index (χ0v) is 10.2. The summed E-state index contributed by atoms with van der Waals surface area (Å²) in [5, 5.41) is 10.7. The van der Waals surface area contributed by atoms with E-state index in [1.807, 2.05) is 0 Å². The molecule has 0 saturated carbocycles. The summed E-state index contributed by atoms with van der Waals surface area (Å²) >= 11 is 0. The van der Waals surface area contributed by atoms with E-state index < -0.39 is 16.6 Å². The van der Waals surface area contributed by atoms with Gasteiger partial charge in [-0.1, -0.05) is 0 Å². The Labute approximate surface area is 109 Å². The highest BCUT2D eigenvalue weighted by Gasteiger charge is 2.36. The van der Waals surface area contributed by atoms with Gasteiger partial charge in [0.15, 0.2) is 0 Å². The van der Waals surface area contributed by atoms with Crippen molar-refractivity contribution < 1.29 is 14.5 Å². The maximum atomic E-state index is 11.8. The van der Waals surface area contributed by atoms with E-state index in [2.05, 4.69) is 11.8 Å². The van der Waals surface area contributed by atoms with Gasteiger partial charge in [0.05, 0.1) is 16.2 Å². The van der Waals surface area contributed by atoms with E-state index in [4.69, 9.17) is 0 Å². The van der Waals surface area contributed by atoms with Gasteiger partial charge in [0, 0.05) is 25.1 Å². The molecule has 1 aromatic rings. The Balaban J connectivity index is 2.37. The van der Waals surface area contributed by atoms with Crippen molar-refractivity contribution >= 4 is 23.1 Å². The molecule has 96 valence electrons. The number of carbonyl (C=O) groups excluding carboxylic acids is 2. The number of nitro groups is 1. The first-order valence-corrected chi connectivity index (χ1v) is 5.60. The molecule has 1 aliphatic rings. The molecule has 0 atom stereocenters. The number of fused-ring (bicyclic) bond motifs is 1. The van der Waals surface area contributed by atoms with Gasteiger partial charge in [0.2, 0.25) is 0 Å². The fourth-order valence-electron chi connectivity index (χ4n) is 1.92. The van der Waals surface area contributed by atoms with Gasteiger partial charge >= 0.3 is 0 Å². The molecule has 0 fully saturated rings. The molecule has 2 rings (SSSR count). The van der Waals surface area contributed by atoms with Gasteiger partial charge in [-0.15, -0.1) is 11.8 Å². The van der Waals surface area contributed by atoms with Crippen molar-refractivity contribution in [3.05, 3.63) is 33.9 Å². The standard InChI is InChI=1S/C13H10N2O4/c1-2-3-4-7-14-11-6-5-9(15(18)19)8-10(11)12(16)13(14)17/h5-6,8H,4,7H2,1H3. The summed E-state index contributed by atoms with van der Waals surface area (Å²) in [4.78, 5) is 34.9. The minimum Gasteiger partial charge on any atom is -0.304 e. The number of non-ortho nitro benzene ring substituents is 1. The molecule has 6 heteroatoms. The Hall–Kier alpha value is -2.68. The Morgan fingerprint density at radius 3 is 2.74 bits per heavy atom. The lowest BCUT2D eigenvalue weighted by atomic mass is 10.1. The van der Waals surface area contributed by atoms with Crippen LogP contribution in [0.5, 0.6) is 0 Å². The van der Waals surface area contributed by atoms with Crippen LogP contribution >= 0.6 is 0 Å². The van der Waals surface area contributed by atoms with Gasteiger partial charge in [-0.25, -0.2) is 0 Å². The molecule has 6 nitrogen and oxygen atoms in total. The molecule has 1 amide bonds. The first-order valence-electron chi connectivity index (χ1n) is 5.60. The maximum absolute atomic E-state index is 11.8.